The van der Waals surface area contributed by atoms with Gasteiger partial charge < -0.3 is 15.5 Å². The highest BCUT2D eigenvalue weighted by Crippen LogP contribution is 2.26. The third kappa shape index (κ3) is 3.52. The molecule has 20 heavy (non-hydrogen) atoms. The Morgan fingerprint density at radius 1 is 0.800 bits per heavy atom. The molecule has 0 aromatic heterocycles. The monoisotopic (exact) mass is 271 g/mol. The van der Waals surface area contributed by atoms with E-state index in [4.69, 9.17) is 0 Å². The zero-order chi connectivity index (χ0) is 14.7. The Morgan fingerprint density at radius 3 is 1.85 bits per heavy atom. The lowest BCUT2D eigenvalue weighted by Crippen LogP contribution is -2.22. The highest BCUT2D eigenvalue weighted by Gasteiger charge is 2.12. The first-order valence-corrected chi connectivity index (χ1v) is 6.81. The van der Waals surface area contributed by atoms with Crippen molar-refractivity contribution in [2.24, 2.45) is 0 Å². The van der Waals surface area contributed by atoms with Crippen LogP contribution in [-0.4, -0.2) is 10.2 Å². The Kier molecular flexibility index (Phi) is 4.30. The molecule has 0 saturated carbocycles. The molecule has 2 rings (SSSR count). The lowest BCUT2D eigenvalue weighted by molar-refractivity contribution is 0.442. The second-order valence-electron chi connectivity index (χ2n) is 5.30. The van der Waals surface area contributed by atoms with Gasteiger partial charge in [-0.15, -0.1) is 0 Å². The van der Waals surface area contributed by atoms with E-state index in [1.807, 2.05) is 6.92 Å². The summed E-state index contributed by atoms with van der Waals surface area (Å²) in [5, 5.41) is 22.5. The molecule has 0 amide bonds. The highest BCUT2D eigenvalue weighted by atomic mass is 16.3. The van der Waals surface area contributed by atoms with Crippen molar-refractivity contribution in [2.45, 2.75) is 32.9 Å². The average Bonchev–Trinajstić information content (AvgIpc) is 2.38. The topological polar surface area (TPSA) is 52.5 Å². The molecule has 0 radical (unpaired) electrons. The molecule has 2 aromatic rings. The van der Waals surface area contributed by atoms with Gasteiger partial charge in [0.1, 0.15) is 11.5 Å². The fourth-order valence-corrected chi connectivity index (χ4v) is 2.29. The Hall–Kier alpha value is -2.00. The lowest BCUT2D eigenvalue weighted by atomic mass is 10.0. The van der Waals surface area contributed by atoms with E-state index in [2.05, 4.69) is 43.4 Å². The largest absolute Gasteiger partial charge is 0.508 e. The minimum Gasteiger partial charge on any atom is -0.508 e. The number of hydrogen-bond donors (Lipinski definition) is 3. The van der Waals surface area contributed by atoms with Crippen LogP contribution in [0.1, 0.15) is 42.6 Å². The summed E-state index contributed by atoms with van der Waals surface area (Å²) in [6.45, 7) is 6.18. The number of rotatable bonds is 4. The van der Waals surface area contributed by atoms with Crippen LogP contribution in [0, 0.1) is 6.92 Å². The second-order valence-corrected chi connectivity index (χ2v) is 5.30. The number of hydrogen-bond acceptors (Lipinski definition) is 3. The van der Waals surface area contributed by atoms with Gasteiger partial charge in [0.25, 0.3) is 0 Å². The zero-order valence-corrected chi connectivity index (χ0v) is 12.1. The molecule has 2 atom stereocenters. The number of aromatic hydroxyl groups is 2. The summed E-state index contributed by atoms with van der Waals surface area (Å²) in [6, 6.07) is 13.3. The van der Waals surface area contributed by atoms with Crippen LogP contribution in [0.4, 0.5) is 0 Å². The van der Waals surface area contributed by atoms with Crippen molar-refractivity contribution in [2.75, 3.05) is 0 Å². The summed E-state index contributed by atoms with van der Waals surface area (Å²) >= 11 is 0. The van der Waals surface area contributed by atoms with E-state index in [-0.39, 0.29) is 23.6 Å². The van der Waals surface area contributed by atoms with E-state index in [1.54, 1.807) is 12.1 Å². The molecular weight excluding hydrogens is 250 g/mol. The Labute approximate surface area is 119 Å². The quantitative estimate of drug-likeness (QED) is 0.792. The van der Waals surface area contributed by atoms with Gasteiger partial charge in [-0.2, -0.15) is 0 Å². The summed E-state index contributed by atoms with van der Waals surface area (Å²) in [5.41, 5.74) is 3.32. The van der Waals surface area contributed by atoms with Crippen LogP contribution in [0.25, 0.3) is 0 Å². The van der Waals surface area contributed by atoms with Gasteiger partial charge in [0, 0.05) is 18.2 Å². The molecule has 0 spiro atoms. The number of phenols is 2. The molecule has 3 N–H and O–H groups in total. The number of aryl methyl sites for hydroxylation is 1. The Bertz CT molecular complexity index is 558. The fraction of sp³-hybridized carbons (Fsp3) is 0.294. The molecule has 0 heterocycles. The molecular formula is C17H21NO2. The minimum absolute atomic E-state index is 0.0318. The molecule has 0 fully saturated rings. The first-order valence-electron chi connectivity index (χ1n) is 6.81. The first-order chi connectivity index (χ1) is 9.45. The molecule has 2 unspecified atom stereocenters. The van der Waals surface area contributed by atoms with Crippen LogP contribution in [-0.2, 0) is 0 Å². The van der Waals surface area contributed by atoms with E-state index < -0.39 is 0 Å². The summed E-state index contributed by atoms with van der Waals surface area (Å²) in [4.78, 5) is 0. The van der Waals surface area contributed by atoms with Crippen molar-refractivity contribution < 1.29 is 10.2 Å². The average molecular weight is 271 g/mol. The van der Waals surface area contributed by atoms with Crippen molar-refractivity contribution in [3.05, 3.63) is 59.2 Å². The number of benzene rings is 2. The van der Waals surface area contributed by atoms with Crippen LogP contribution in [0.2, 0.25) is 0 Å². The Morgan fingerprint density at radius 2 is 1.30 bits per heavy atom. The maximum absolute atomic E-state index is 9.54. The minimum atomic E-state index is 0.0318. The van der Waals surface area contributed by atoms with Gasteiger partial charge in [0.05, 0.1) is 0 Å². The first kappa shape index (κ1) is 14.4. The standard InChI is InChI=1S/C17H21NO2/c1-11-4-6-14(7-5-11)12(2)18-13(3)15-8-16(19)10-17(20)9-15/h4-10,12-13,18-20H,1-3H3. The summed E-state index contributed by atoms with van der Waals surface area (Å²) in [7, 11) is 0. The van der Waals surface area contributed by atoms with Gasteiger partial charge in [0.2, 0.25) is 0 Å². The molecule has 3 heteroatoms. The predicted octanol–water partition coefficient (Wildman–Crippen LogP) is 3.82. The maximum atomic E-state index is 9.54. The maximum Gasteiger partial charge on any atom is 0.119 e. The van der Waals surface area contributed by atoms with Crippen molar-refractivity contribution in [3.63, 3.8) is 0 Å². The molecule has 0 aliphatic carbocycles. The molecule has 3 nitrogen and oxygen atoms in total. The van der Waals surface area contributed by atoms with Gasteiger partial charge in [-0.05, 0) is 44.0 Å². The molecule has 0 saturated heterocycles. The highest BCUT2D eigenvalue weighted by molar-refractivity contribution is 5.38. The number of phenolic OH excluding ortho intramolecular Hbond substituents is 2. The zero-order valence-electron chi connectivity index (χ0n) is 12.1. The van der Waals surface area contributed by atoms with Crippen LogP contribution < -0.4 is 5.32 Å². The van der Waals surface area contributed by atoms with E-state index in [0.717, 1.165) is 5.56 Å². The normalized spacial score (nSPS) is 13.9. The smallest absolute Gasteiger partial charge is 0.119 e. The van der Waals surface area contributed by atoms with E-state index in [9.17, 15) is 10.2 Å². The summed E-state index contributed by atoms with van der Waals surface area (Å²) in [6.07, 6.45) is 0. The number of nitrogens with one attached hydrogen (secondary N) is 1. The van der Waals surface area contributed by atoms with Crippen LogP contribution in [0.5, 0.6) is 11.5 Å². The van der Waals surface area contributed by atoms with Gasteiger partial charge >= 0.3 is 0 Å². The lowest BCUT2D eigenvalue weighted by Gasteiger charge is -2.21. The fourth-order valence-electron chi connectivity index (χ4n) is 2.29. The third-order valence-electron chi connectivity index (χ3n) is 3.50. The summed E-state index contributed by atoms with van der Waals surface area (Å²) in [5.74, 6) is 0.160. The van der Waals surface area contributed by atoms with E-state index >= 15 is 0 Å². The van der Waals surface area contributed by atoms with Crippen molar-refractivity contribution in [1.82, 2.24) is 5.32 Å². The Balaban J connectivity index is 2.10. The van der Waals surface area contributed by atoms with Crippen LogP contribution in [0.3, 0.4) is 0 Å². The van der Waals surface area contributed by atoms with Gasteiger partial charge in [-0.25, -0.2) is 0 Å². The SMILES string of the molecule is Cc1ccc(C(C)NC(C)c2cc(O)cc(O)c2)cc1. The molecule has 106 valence electrons. The van der Waals surface area contributed by atoms with Gasteiger partial charge in [-0.1, -0.05) is 29.8 Å². The van der Waals surface area contributed by atoms with Gasteiger partial charge in [0.15, 0.2) is 0 Å². The van der Waals surface area contributed by atoms with Crippen molar-refractivity contribution in [1.29, 1.82) is 0 Å². The summed E-state index contributed by atoms with van der Waals surface area (Å²) < 4.78 is 0. The van der Waals surface area contributed by atoms with Gasteiger partial charge in [-0.3, -0.25) is 0 Å². The molecule has 0 aliphatic rings. The van der Waals surface area contributed by atoms with Crippen molar-refractivity contribution in [3.8, 4) is 11.5 Å². The van der Waals surface area contributed by atoms with E-state index in [0.29, 0.717) is 0 Å². The molecule has 2 aromatic carbocycles. The van der Waals surface area contributed by atoms with Crippen LogP contribution in [0.15, 0.2) is 42.5 Å². The second kappa shape index (κ2) is 5.97. The van der Waals surface area contributed by atoms with Crippen LogP contribution >= 0.6 is 0 Å². The third-order valence-corrected chi connectivity index (χ3v) is 3.50. The van der Waals surface area contributed by atoms with E-state index in [1.165, 1.54) is 17.2 Å². The predicted molar refractivity (Wildman–Crippen MR) is 80.9 cm³/mol. The molecule has 0 aliphatic heterocycles. The molecule has 0 bridgehead atoms. The van der Waals surface area contributed by atoms with Crippen molar-refractivity contribution >= 4 is 0 Å².